The molecule has 0 radical (unpaired) electrons. The first-order valence-electron chi connectivity index (χ1n) is 7.00. The van der Waals surface area contributed by atoms with Crippen LogP contribution >= 0.6 is 0 Å². The highest BCUT2D eigenvalue weighted by Gasteiger charge is 2.24. The second kappa shape index (κ2) is 8.63. The van der Waals surface area contributed by atoms with Gasteiger partial charge in [0.2, 0.25) is 0 Å². The Morgan fingerprint density at radius 3 is 1.00 bits per heavy atom. The van der Waals surface area contributed by atoms with Gasteiger partial charge in [-0.3, -0.25) is 0 Å². The maximum Gasteiger partial charge on any atom is 0.283 e. The molecule has 104 valence electrons. The van der Waals surface area contributed by atoms with Gasteiger partial charge in [-0.05, 0) is 22.2 Å². The van der Waals surface area contributed by atoms with Crippen molar-refractivity contribution in [3.8, 4) is 0 Å². The highest BCUT2D eigenvalue weighted by molar-refractivity contribution is 6.64. The van der Waals surface area contributed by atoms with E-state index in [1.54, 1.807) is 0 Å². The summed E-state index contributed by atoms with van der Waals surface area (Å²) in [6, 6.07) is 0. The van der Waals surface area contributed by atoms with E-state index in [1.807, 2.05) is 0 Å². The van der Waals surface area contributed by atoms with Crippen molar-refractivity contribution in [1.82, 2.24) is 0 Å². The molecule has 0 spiro atoms. The van der Waals surface area contributed by atoms with E-state index in [0.717, 1.165) is 22.2 Å². The summed E-state index contributed by atoms with van der Waals surface area (Å²) in [4.78, 5) is 0. The van der Waals surface area contributed by atoms with Crippen molar-refractivity contribution in [2.24, 2.45) is 0 Å². The van der Waals surface area contributed by atoms with Crippen LogP contribution in [0.25, 0.3) is 0 Å². The van der Waals surface area contributed by atoms with Crippen molar-refractivity contribution in [3.63, 3.8) is 0 Å². The van der Waals surface area contributed by atoms with Gasteiger partial charge in [-0.25, -0.2) is 0 Å². The smallest absolute Gasteiger partial charge is 0.283 e. The van der Waals surface area contributed by atoms with Gasteiger partial charge in [-0.1, -0.05) is 55.4 Å². The molecule has 0 atom stereocenters. The van der Waals surface area contributed by atoms with E-state index in [2.05, 4.69) is 55.4 Å². The van der Waals surface area contributed by atoms with Gasteiger partial charge < -0.3 is 8.23 Å². The molecule has 0 saturated heterocycles. The van der Waals surface area contributed by atoms with Gasteiger partial charge in [0.25, 0.3) is 10.0 Å². The Bertz CT molecular complexity index is 160. The van der Waals surface area contributed by atoms with Crippen molar-refractivity contribution in [1.29, 1.82) is 0 Å². The number of hydrogen-bond donors (Lipinski definition) is 0. The van der Waals surface area contributed by atoms with Gasteiger partial charge in [0.05, 0.1) is 0 Å². The van der Waals surface area contributed by atoms with E-state index in [9.17, 15) is 0 Å². The third-order valence-corrected chi connectivity index (χ3v) is 12.6. The van der Waals surface area contributed by atoms with Crippen LogP contribution < -0.4 is 0 Å². The van der Waals surface area contributed by atoms with Crippen molar-refractivity contribution in [2.75, 3.05) is 0 Å². The number of rotatable bonds is 8. The molecule has 0 unspecified atom stereocenters. The molecule has 0 saturated carbocycles. The minimum Gasteiger partial charge on any atom is -0.443 e. The van der Waals surface area contributed by atoms with Gasteiger partial charge in [0.1, 0.15) is 0 Å². The molecule has 0 rings (SSSR count). The van der Waals surface area contributed by atoms with Gasteiger partial charge in [-0.2, -0.15) is 0 Å². The second-order valence-electron chi connectivity index (χ2n) is 6.36. The lowest BCUT2D eigenvalue weighted by Crippen LogP contribution is -2.33. The molecule has 0 aromatic carbocycles. The predicted molar refractivity (Wildman–Crippen MR) is 85.4 cm³/mol. The van der Waals surface area contributed by atoms with Crippen molar-refractivity contribution < 1.29 is 8.23 Å². The highest BCUT2D eigenvalue weighted by Crippen LogP contribution is 2.23. The van der Waals surface area contributed by atoms with Crippen LogP contribution in [0.15, 0.2) is 0 Å². The van der Waals surface area contributed by atoms with E-state index in [4.69, 9.17) is 8.23 Å². The monoisotopic (exact) mass is 292 g/mol. The zero-order chi connectivity index (χ0) is 13.6. The van der Waals surface area contributed by atoms with Gasteiger partial charge in [0, 0.05) is 0 Å². The largest absolute Gasteiger partial charge is 0.443 e. The van der Waals surface area contributed by atoms with E-state index >= 15 is 0 Å². The SMILES string of the molecule is CC(C)[SiH](O[SiH2]O[SiH](C(C)C)C(C)C)C(C)C. The van der Waals surface area contributed by atoms with Crippen LogP contribution in [0.5, 0.6) is 0 Å². The zero-order valence-electron chi connectivity index (χ0n) is 13.0. The molecule has 0 heterocycles. The van der Waals surface area contributed by atoms with Crippen LogP contribution in [0.3, 0.4) is 0 Å². The Morgan fingerprint density at radius 2 is 0.824 bits per heavy atom. The van der Waals surface area contributed by atoms with Crippen LogP contribution in [0.4, 0.5) is 0 Å². The molecule has 0 fully saturated rings. The zero-order valence-corrected chi connectivity index (χ0v) is 16.7. The van der Waals surface area contributed by atoms with Crippen molar-refractivity contribution in [3.05, 3.63) is 0 Å². The fourth-order valence-electron chi connectivity index (χ4n) is 2.51. The maximum atomic E-state index is 6.19. The van der Waals surface area contributed by atoms with E-state index in [-0.39, 0.29) is 0 Å². The lowest BCUT2D eigenvalue weighted by atomic mass is 10.5. The summed E-state index contributed by atoms with van der Waals surface area (Å²) in [5.41, 5.74) is 2.90. The fourth-order valence-corrected chi connectivity index (χ4v) is 14.0. The normalized spacial score (nSPS) is 13.1. The molecule has 0 bridgehead atoms. The molecular weight excluding hydrogens is 260 g/mol. The Hall–Kier alpha value is 0.571. The summed E-state index contributed by atoms with van der Waals surface area (Å²) in [5, 5.41) is 0. The fraction of sp³-hybridized carbons (Fsp3) is 1.00. The average molecular weight is 293 g/mol. The quantitative estimate of drug-likeness (QED) is 0.640. The van der Waals surface area contributed by atoms with Crippen LogP contribution in [0.1, 0.15) is 55.4 Å². The lowest BCUT2D eigenvalue weighted by molar-refractivity contribution is 0.443. The molecule has 0 amide bonds. The molecule has 5 heteroatoms. The van der Waals surface area contributed by atoms with Crippen LogP contribution in [0.2, 0.25) is 22.2 Å². The Kier molecular flexibility index (Phi) is 8.92. The first-order valence-corrected chi connectivity index (χ1v) is 11.8. The molecular formula is C12H32O2Si3. The summed E-state index contributed by atoms with van der Waals surface area (Å²) in [6.07, 6.45) is 0. The molecule has 0 aromatic heterocycles. The van der Waals surface area contributed by atoms with Crippen molar-refractivity contribution in [2.45, 2.75) is 77.6 Å². The lowest BCUT2D eigenvalue weighted by Gasteiger charge is -2.27. The van der Waals surface area contributed by atoms with Crippen LogP contribution in [-0.4, -0.2) is 28.1 Å². The summed E-state index contributed by atoms with van der Waals surface area (Å²) >= 11 is 0. The predicted octanol–water partition coefficient (Wildman–Crippen LogP) is 3.11. The molecule has 2 nitrogen and oxygen atoms in total. The van der Waals surface area contributed by atoms with Crippen molar-refractivity contribution >= 4 is 28.1 Å². The van der Waals surface area contributed by atoms with E-state index in [1.165, 1.54) is 0 Å². The standard InChI is InChI=1S/C12H32O2Si3/c1-9(2)16(10(3)4)13-15-14-17(11(5)6)12(7)8/h9-12,16-17H,15H2,1-8H3. The second-order valence-corrected chi connectivity index (χ2v) is 16.5. The molecule has 0 N–H and O–H groups in total. The molecule has 0 aromatic rings. The summed E-state index contributed by atoms with van der Waals surface area (Å²) in [5.74, 6) is 0. The Morgan fingerprint density at radius 1 is 0.588 bits per heavy atom. The van der Waals surface area contributed by atoms with E-state index in [0.29, 0.717) is 0 Å². The topological polar surface area (TPSA) is 18.5 Å². The third kappa shape index (κ3) is 6.91. The molecule has 17 heavy (non-hydrogen) atoms. The van der Waals surface area contributed by atoms with Gasteiger partial charge in [0.15, 0.2) is 18.1 Å². The highest BCUT2D eigenvalue weighted by atomic mass is 28.4. The molecule has 0 aliphatic heterocycles. The first kappa shape index (κ1) is 17.6. The minimum atomic E-state index is -1.04. The average Bonchev–Trinajstić information content (AvgIpc) is 2.14. The number of hydrogen-bond acceptors (Lipinski definition) is 2. The van der Waals surface area contributed by atoms with E-state index < -0.39 is 28.1 Å². The Balaban J connectivity index is 4.10. The van der Waals surface area contributed by atoms with Gasteiger partial charge in [-0.15, -0.1) is 0 Å². The van der Waals surface area contributed by atoms with Crippen LogP contribution in [-0.2, 0) is 8.23 Å². The first-order chi connectivity index (χ1) is 7.77. The summed E-state index contributed by atoms with van der Waals surface area (Å²) in [7, 11) is -2.82. The maximum absolute atomic E-state index is 6.19. The Labute approximate surface area is 114 Å². The summed E-state index contributed by atoms with van der Waals surface area (Å²) < 4.78 is 12.4. The third-order valence-electron chi connectivity index (χ3n) is 3.15. The molecule has 0 aliphatic carbocycles. The summed E-state index contributed by atoms with van der Waals surface area (Å²) in [6.45, 7) is 18.4. The molecule has 0 aliphatic rings. The van der Waals surface area contributed by atoms with Crippen LogP contribution in [0, 0.1) is 0 Å². The minimum absolute atomic E-state index is 0.726. The van der Waals surface area contributed by atoms with Gasteiger partial charge >= 0.3 is 0 Å².